The number of rotatable bonds is 6. The number of pyridine rings is 2. The molecule has 0 bridgehead atoms. The third-order valence-corrected chi connectivity index (χ3v) is 4.32. The fraction of sp³-hybridized carbons (Fsp3) is 0.176. The zero-order valence-electron chi connectivity index (χ0n) is 13.5. The summed E-state index contributed by atoms with van der Waals surface area (Å²) in [4.78, 5) is 32.2. The number of fused-ring (bicyclic) bond motifs is 1. The zero-order chi connectivity index (χ0) is 17.6. The second kappa shape index (κ2) is 7.80. The number of ether oxygens (including phenoxy) is 1. The summed E-state index contributed by atoms with van der Waals surface area (Å²) in [5, 5.41) is 2.73. The Hall–Kier alpha value is -2.87. The van der Waals surface area contributed by atoms with Crippen LogP contribution in [0.3, 0.4) is 0 Å². The lowest BCUT2D eigenvalue weighted by molar-refractivity contribution is -0.113. The number of esters is 1. The minimum absolute atomic E-state index is 0.122. The number of imidazole rings is 1. The second-order valence-corrected chi connectivity index (χ2v) is 6.12. The minimum atomic E-state index is -0.426. The van der Waals surface area contributed by atoms with Crippen molar-refractivity contribution >= 4 is 35.1 Å². The van der Waals surface area contributed by atoms with Crippen LogP contribution in [0.25, 0.3) is 5.65 Å². The molecule has 0 saturated carbocycles. The SMILES string of the molecule is COC(=O)c1cccn2cc(CSCC(=O)Nc3ccccn3)nc12. The van der Waals surface area contributed by atoms with Crippen molar-refractivity contribution in [2.24, 2.45) is 0 Å². The molecule has 0 spiro atoms. The fourth-order valence-electron chi connectivity index (χ4n) is 2.27. The Morgan fingerprint density at radius 1 is 1.28 bits per heavy atom. The molecule has 0 aromatic carbocycles. The molecular weight excluding hydrogens is 340 g/mol. The molecule has 3 rings (SSSR count). The first-order valence-corrected chi connectivity index (χ1v) is 8.66. The van der Waals surface area contributed by atoms with Crippen LogP contribution in [0.1, 0.15) is 16.1 Å². The first-order valence-electron chi connectivity index (χ1n) is 7.51. The van der Waals surface area contributed by atoms with E-state index in [1.807, 2.05) is 18.5 Å². The Labute approximate surface area is 148 Å². The molecule has 0 atom stereocenters. The van der Waals surface area contributed by atoms with Crippen LogP contribution in [0.2, 0.25) is 0 Å². The fourth-order valence-corrected chi connectivity index (χ4v) is 2.97. The highest BCUT2D eigenvalue weighted by Crippen LogP contribution is 2.16. The standard InChI is InChI=1S/C17H16N4O3S/c1-24-17(23)13-5-4-8-21-9-12(19-16(13)21)10-25-11-15(22)20-14-6-2-3-7-18-14/h2-9H,10-11H2,1H3,(H,18,20,22). The molecule has 8 heteroatoms. The number of nitrogens with zero attached hydrogens (tertiary/aromatic N) is 3. The van der Waals surface area contributed by atoms with Crippen LogP contribution >= 0.6 is 11.8 Å². The molecule has 0 unspecified atom stereocenters. The van der Waals surface area contributed by atoms with Gasteiger partial charge < -0.3 is 14.5 Å². The number of amides is 1. The van der Waals surface area contributed by atoms with Gasteiger partial charge in [-0.25, -0.2) is 14.8 Å². The van der Waals surface area contributed by atoms with Gasteiger partial charge >= 0.3 is 5.97 Å². The number of anilines is 1. The summed E-state index contributed by atoms with van der Waals surface area (Å²) < 4.78 is 6.54. The average molecular weight is 356 g/mol. The number of nitrogens with one attached hydrogen (secondary N) is 1. The largest absolute Gasteiger partial charge is 0.465 e. The van der Waals surface area contributed by atoms with Crippen LogP contribution in [0, 0.1) is 0 Å². The average Bonchev–Trinajstić information content (AvgIpc) is 3.04. The van der Waals surface area contributed by atoms with Gasteiger partial charge in [-0.3, -0.25) is 4.79 Å². The highest BCUT2D eigenvalue weighted by atomic mass is 32.2. The van der Waals surface area contributed by atoms with Crippen LogP contribution in [0.5, 0.6) is 0 Å². The molecule has 3 aromatic heterocycles. The van der Waals surface area contributed by atoms with Gasteiger partial charge in [0.25, 0.3) is 0 Å². The van der Waals surface area contributed by atoms with E-state index in [-0.39, 0.29) is 11.7 Å². The van der Waals surface area contributed by atoms with Crippen molar-refractivity contribution in [2.75, 3.05) is 18.2 Å². The van der Waals surface area contributed by atoms with Gasteiger partial charge in [-0.1, -0.05) is 6.07 Å². The molecular formula is C17H16N4O3S. The third-order valence-electron chi connectivity index (χ3n) is 3.35. The normalized spacial score (nSPS) is 10.6. The maximum Gasteiger partial charge on any atom is 0.341 e. The highest BCUT2D eigenvalue weighted by molar-refractivity contribution is 7.99. The zero-order valence-corrected chi connectivity index (χ0v) is 14.3. The molecule has 1 N–H and O–H groups in total. The molecule has 1 amide bonds. The molecule has 0 saturated heterocycles. The van der Waals surface area contributed by atoms with Gasteiger partial charge in [0.1, 0.15) is 11.4 Å². The number of carbonyl (C=O) groups is 2. The van der Waals surface area contributed by atoms with Gasteiger partial charge in [0.15, 0.2) is 5.65 Å². The van der Waals surface area contributed by atoms with E-state index in [1.54, 1.807) is 34.9 Å². The van der Waals surface area contributed by atoms with Crippen molar-refractivity contribution in [3.63, 3.8) is 0 Å². The predicted octanol–water partition coefficient (Wildman–Crippen LogP) is 2.39. The van der Waals surface area contributed by atoms with E-state index >= 15 is 0 Å². The first kappa shape index (κ1) is 17.0. The van der Waals surface area contributed by atoms with Crippen LogP contribution in [-0.2, 0) is 15.3 Å². The Kier molecular flexibility index (Phi) is 5.30. The van der Waals surface area contributed by atoms with Gasteiger partial charge in [-0.05, 0) is 24.3 Å². The Morgan fingerprint density at radius 2 is 2.16 bits per heavy atom. The van der Waals surface area contributed by atoms with Crippen molar-refractivity contribution in [1.29, 1.82) is 0 Å². The van der Waals surface area contributed by atoms with Crippen molar-refractivity contribution < 1.29 is 14.3 Å². The molecule has 128 valence electrons. The maximum atomic E-state index is 11.9. The van der Waals surface area contributed by atoms with Crippen molar-refractivity contribution in [3.8, 4) is 0 Å². The van der Waals surface area contributed by atoms with Gasteiger partial charge in [-0.15, -0.1) is 11.8 Å². The molecule has 7 nitrogen and oxygen atoms in total. The summed E-state index contributed by atoms with van der Waals surface area (Å²) in [6.45, 7) is 0. The van der Waals surface area contributed by atoms with Gasteiger partial charge in [-0.2, -0.15) is 0 Å². The summed E-state index contributed by atoms with van der Waals surface area (Å²) in [5.74, 6) is 0.822. The summed E-state index contributed by atoms with van der Waals surface area (Å²) in [6.07, 6.45) is 5.28. The number of aromatic nitrogens is 3. The third kappa shape index (κ3) is 4.16. The number of hydrogen-bond acceptors (Lipinski definition) is 6. The van der Waals surface area contributed by atoms with E-state index in [4.69, 9.17) is 4.74 Å². The molecule has 3 heterocycles. The van der Waals surface area contributed by atoms with E-state index in [9.17, 15) is 9.59 Å². The number of methoxy groups -OCH3 is 1. The van der Waals surface area contributed by atoms with Crippen LogP contribution < -0.4 is 5.32 Å². The van der Waals surface area contributed by atoms with E-state index in [1.165, 1.54) is 18.9 Å². The highest BCUT2D eigenvalue weighted by Gasteiger charge is 2.13. The Morgan fingerprint density at radius 3 is 2.92 bits per heavy atom. The molecule has 0 aliphatic heterocycles. The lowest BCUT2D eigenvalue weighted by Gasteiger charge is -2.02. The van der Waals surface area contributed by atoms with E-state index in [0.29, 0.717) is 22.8 Å². The topological polar surface area (TPSA) is 85.6 Å². The van der Waals surface area contributed by atoms with Gasteiger partial charge in [0.2, 0.25) is 5.91 Å². The molecule has 3 aromatic rings. The summed E-state index contributed by atoms with van der Waals surface area (Å²) in [6, 6.07) is 8.77. The predicted molar refractivity (Wildman–Crippen MR) is 95.6 cm³/mol. The molecule has 0 fully saturated rings. The molecule has 25 heavy (non-hydrogen) atoms. The van der Waals surface area contributed by atoms with Gasteiger partial charge in [0.05, 0.1) is 18.6 Å². The van der Waals surface area contributed by atoms with Crippen LogP contribution in [-0.4, -0.2) is 39.1 Å². The molecule has 0 aliphatic rings. The number of carbonyl (C=O) groups excluding carboxylic acids is 2. The molecule has 0 aliphatic carbocycles. The number of thioether (sulfide) groups is 1. The van der Waals surface area contributed by atoms with Crippen LogP contribution in [0.15, 0.2) is 48.9 Å². The Bertz CT molecular complexity index is 895. The van der Waals surface area contributed by atoms with Gasteiger partial charge in [0, 0.05) is 24.3 Å². The summed E-state index contributed by atoms with van der Waals surface area (Å²) in [5.41, 5.74) is 1.74. The number of hydrogen-bond donors (Lipinski definition) is 1. The lowest BCUT2D eigenvalue weighted by Crippen LogP contribution is -2.14. The van der Waals surface area contributed by atoms with Crippen molar-refractivity contribution in [2.45, 2.75) is 5.75 Å². The van der Waals surface area contributed by atoms with E-state index < -0.39 is 5.97 Å². The summed E-state index contributed by atoms with van der Waals surface area (Å²) in [7, 11) is 1.34. The van der Waals surface area contributed by atoms with Crippen molar-refractivity contribution in [3.05, 3.63) is 60.2 Å². The monoisotopic (exact) mass is 356 g/mol. The van der Waals surface area contributed by atoms with Crippen molar-refractivity contribution in [1.82, 2.24) is 14.4 Å². The Balaban J connectivity index is 1.60. The lowest BCUT2D eigenvalue weighted by atomic mass is 10.3. The smallest absolute Gasteiger partial charge is 0.341 e. The quantitative estimate of drug-likeness (QED) is 0.683. The van der Waals surface area contributed by atoms with E-state index in [2.05, 4.69) is 15.3 Å². The first-order chi connectivity index (χ1) is 12.2. The minimum Gasteiger partial charge on any atom is -0.465 e. The second-order valence-electron chi connectivity index (χ2n) is 5.13. The summed E-state index contributed by atoms with van der Waals surface area (Å²) >= 11 is 1.44. The molecule has 0 radical (unpaired) electrons. The van der Waals surface area contributed by atoms with E-state index in [0.717, 1.165) is 5.69 Å². The maximum absolute atomic E-state index is 11.9. The van der Waals surface area contributed by atoms with Crippen LogP contribution in [0.4, 0.5) is 5.82 Å².